The summed E-state index contributed by atoms with van der Waals surface area (Å²) in [4.78, 5) is 0. The first kappa shape index (κ1) is 13.6. The van der Waals surface area contributed by atoms with Gasteiger partial charge in [-0.1, -0.05) is 18.2 Å². The predicted octanol–water partition coefficient (Wildman–Crippen LogP) is 4.00. The Balaban J connectivity index is 2.53. The molecular formula is C17H21NO. The van der Waals surface area contributed by atoms with Gasteiger partial charge in [-0.2, -0.15) is 0 Å². The second kappa shape index (κ2) is 5.45. The van der Waals surface area contributed by atoms with Crippen molar-refractivity contribution in [2.75, 3.05) is 7.11 Å². The van der Waals surface area contributed by atoms with Crippen LogP contribution in [0, 0.1) is 13.8 Å². The summed E-state index contributed by atoms with van der Waals surface area (Å²) in [5, 5.41) is 0. The molecule has 2 heteroatoms. The van der Waals surface area contributed by atoms with Crippen molar-refractivity contribution in [2.45, 2.75) is 26.8 Å². The lowest BCUT2D eigenvalue weighted by atomic mass is 9.95. The average molecular weight is 255 g/mol. The van der Waals surface area contributed by atoms with Gasteiger partial charge in [0, 0.05) is 6.04 Å². The van der Waals surface area contributed by atoms with Crippen LogP contribution in [0.25, 0.3) is 11.1 Å². The van der Waals surface area contributed by atoms with Crippen molar-refractivity contribution in [3.8, 4) is 16.9 Å². The molecule has 100 valence electrons. The lowest BCUT2D eigenvalue weighted by Crippen LogP contribution is -2.04. The first-order valence-corrected chi connectivity index (χ1v) is 6.54. The Labute approximate surface area is 115 Å². The number of hydrogen-bond donors (Lipinski definition) is 1. The maximum absolute atomic E-state index is 5.95. The summed E-state index contributed by atoms with van der Waals surface area (Å²) in [5.41, 5.74) is 11.9. The molecule has 0 heterocycles. The van der Waals surface area contributed by atoms with Crippen LogP contribution in [0.1, 0.15) is 29.7 Å². The van der Waals surface area contributed by atoms with Crippen LogP contribution in [0.5, 0.6) is 5.75 Å². The zero-order valence-electron chi connectivity index (χ0n) is 12.0. The minimum atomic E-state index is 0.0552. The van der Waals surface area contributed by atoms with Crippen LogP contribution in [0.3, 0.4) is 0 Å². The molecular weight excluding hydrogens is 234 g/mol. The molecule has 0 bridgehead atoms. The number of aryl methyl sites for hydroxylation is 2. The molecule has 0 aliphatic heterocycles. The highest BCUT2D eigenvalue weighted by atomic mass is 16.5. The van der Waals surface area contributed by atoms with E-state index in [2.05, 4.69) is 50.2 Å². The van der Waals surface area contributed by atoms with Crippen LogP contribution in [0.2, 0.25) is 0 Å². The Hall–Kier alpha value is -1.80. The highest BCUT2D eigenvalue weighted by Crippen LogP contribution is 2.31. The number of methoxy groups -OCH3 is 1. The highest BCUT2D eigenvalue weighted by molar-refractivity contribution is 5.70. The molecule has 1 atom stereocenters. The van der Waals surface area contributed by atoms with Gasteiger partial charge in [-0.25, -0.2) is 0 Å². The van der Waals surface area contributed by atoms with Crippen molar-refractivity contribution in [1.82, 2.24) is 0 Å². The normalized spacial score (nSPS) is 12.3. The molecule has 0 amide bonds. The van der Waals surface area contributed by atoms with E-state index in [-0.39, 0.29) is 6.04 Å². The van der Waals surface area contributed by atoms with Gasteiger partial charge in [-0.05, 0) is 66.8 Å². The van der Waals surface area contributed by atoms with Crippen molar-refractivity contribution in [2.24, 2.45) is 5.73 Å². The summed E-state index contributed by atoms with van der Waals surface area (Å²) in [6.45, 7) is 6.18. The Morgan fingerprint density at radius 1 is 1.05 bits per heavy atom. The Morgan fingerprint density at radius 2 is 1.79 bits per heavy atom. The van der Waals surface area contributed by atoms with Crippen molar-refractivity contribution < 1.29 is 4.74 Å². The second-order valence-corrected chi connectivity index (χ2v) is 5.05. The standard InChI is InChI=1S/C17H21NO/c1-11-9-17(19-4)12(2)8-16(11)15-7-5-6-14(10-15)13(3)18/h5-10,13H,18H2,1-4H3. The van der Waals surface area contributed by atoms with Crippen LogP contribution in [-0.4, -0.2) is 7.11 Å². The van der Waals surface area contributed by atoms with Gasteiger partial charge in [0.05, 0.1) is 7.11 Å². The molecule has 19 heavy (non-hydrogen) atoms. The molecule has 0 radical (unpaired) electrons. The lowest BCUT2D eigenvalue weighted by Gasteiger charge is -2.13. The van der Waals surface area contributed by atoms with Crippen molar-refractivity contribution in [1.29, 1.82) is 0 Å². The van der Waals surface area contributed by atoms with Gasteiger partial charge >= 0.3 is 0 Å². The number of benzene rings is 2. The molecule has 0 saturated heterocycles. The highest BCUT2D eigenvalue weighted by Gasteiger charge is 2.08. The Kier molecular flexibility index (Phi) is 3.91. The number of rotatable bonds is 3. The van der Waals surface area contributed by atoms with Crippen molar-refractivity contribution in [3.63, 3.8) is 0 Å². The molecule has 2 nitrogen and oxygen atoms in total. The monoisotopic (exact) mass is 255 g/mol. The lowest BCUT2D eigenvalue weighted by molar-refractivity contribution is 0.411. The van der Waals surface area contributed by atoms with E-state index in [1.165, 1.54) is 16.7 Å². The Bertz CT molecular complexity index is 588. The third-order valence-corrected chi connectivity index (χ3v) is 3.47. The van der Waals surface area contributed by atoms with Crippen LogP contribution in [0.15, 0.2) is 36.4 Å². The minimum absolute atomic E-state index is 0.0552. The summed E-state index contributed by atoms with van der Waals surface area (Å²) >= 11 is 0. The maximum atomic E-state index is 5.95. The Morgan fingerprint density at radius 3 is 2.42 bits per heavy atom. The van der Waals surface area contributed by atoms with Gasteiger partial charge in [0.25, 0.3) is 0 Å². The number of ether oxygens (including phenoxy) is 1. The summed E-state index contributed by atoms with van der Waals surface area (Å²) < 4.78 is 5.36. The van der Waals surface area contributed by atoms with Gasteiger partial charge in [-0.3, -0.25) is 0 Å². The van der Waals surface area contributed by atoms with Crippen LogP contribution < -0.4 is 10.5 Å². The smallest absolute Gasteiger partial charge is 0.122 e. The van der Waals surface area contributed by atoms with Crippen LogP contribution in [-0.2, 0) is 0 Å². The fourth-order valence-electron chi connectivity index (χ4n) is 2.31. The summed E-state index contributed by atoms with van der Waals surface area (Å²) in [5.74, 6) is 0.935. The van der Waals surface area contributed by atoms with Crippen molar-refractivity contribution in [3.05, 3.63) is 53.1 Å². The van der Waals surface area contributed by atoms with E-state index >= 15 is 0 Å². The fraction of sp³-hybridized carbons (Fsp3) is 0.294. The van der Waals surface area contributed by atoms with E-state index in [1.54, 1.807) is 7.11 Å². The van der Waals surface area contributed by atoms with Gasteiger partial charge in [0.2, 0.25) is 0 Å². The third kappa shape index (κ3) is 2.79. The van der Waals surface area contributed by atoms with E-state index in [4.69, 9.17) is 10.5 Å². The molecule has 1 unspecified atom stereocenters. The molecule has 2 aromatic carbocycles. The molecule has 0 spiro atoms. The zero-order valence-corrected chi connectivity index (χ0v) is 12.0. The van der Waals surface area contributed by atoms with Crippen LogP contribution in [0.4, 0.5) is 0 Å². The SMILES string of the molecule is COc1cc(C)c(-c2cccc(C(C)N)c2)cc1C. The molecule has 2 rings (SSSR count). The largest absolute Gasteiger partial charge is 0.496 e. The molecule has 0 fully saturated rings. The summed E-state index contributed by atoms with van der Waals surface area (Å²) in [6.07, 6.45) is 0. The first-order chi connectivity index (χ1) is 9.02. The van der Waals surface area contributed by atoms with Gasteiger partial charge in [-0.15, -0.1) is 0 Å². The van der Waals surface area contributed by atoms with Crippen LogP contribution >= 0.6 is 0 Å². The molecule has 0 aliphatic rings. The number of hydrogen-bond acceptors (Lipinski definition) is 2. The first-order valence-electron chi connectivity index (χ1n) is 6.54. The maximum Gasteiger partial charge on any atom is 0.122 e. The minimum Gasteiger partial charge on any atom is -0.496 e. The van der Waals surface area contributed by atoms with E-state index in [9.17, 15) is 0 Å². The van der Waals surface area contributed by atoms with Crippen molar-refractivity contribution >= 4 is 0 Å². The molecule has 2 N–H and O–H groups in total. The molecule has 0 aromatic heterocycles. The molecule has 0 saturated carbocycles. The second-order valence-electron chi connectivity index (χ2n) is 5.05. The summed E-state index contributed by atoms with van der Waals surface area (Å²) in [7, 11) is 1.71. The van der Waals surface area contributed by atoms with Gasteiger partial charge in [0.15, 0.2) is 0 Å². The quantitative estimate of drug-likeness (QED) is 0.899. The molecule has 0 aliphatic carbocycles. The topological polar surface area (TPSA) is 35.2 Å². The summed E-state index contributed by atoms with van der Waals surface area (Å²) in [6, 6.07) is 12.7. The fourth-order valence-corrected chi connectivity index (χ4v) is 2.31. The number of nitrogens with two attached hydrogens (primary N) is 1. The van der Waals surface area contributed by atoms with E-state index < -0.39 is 0 Å². The third-order valence-electron chi connectivity index (χ3n) is 3.47. The zero-order chi connectivity index (χ0) is 14.0. The average Bonchev–Trinajstić information content (AvgIpc) is 2.41. The van der Waals surface area contributed by atoms with Gasteiger partial charge < -0.3 is 10.5 Å². The van der Waals surface area contributed by atoms with Gasteiger partial charge in [0.1, 0.15) is 5.75 Å². The van der Waals surface area contributed by atoms with E-state index in [0.717, 1.165) is 16.9 Å². The predicted molar refractivity (Wildman–Crippen MR) is 80.5 cm³/mol. The van der Waals surface area contributed by atoms with E-state index in [0.29, 0.717) is 0 Å². The molecule has 2 aromatic rings. The van der Waals surface area contributed by atoms with E-state index in [1.807, 2.05) is 6.92 Å².